The molecule has 0 radical (unpaired) electrons. The second kappa shape index (κ2) is 8.90. The molecule has 1 aliphatic heterocycles. The Morgan fingerprint density at radius 2 is 1.90 bits per heavy atom. The van der Waals surface area contributed by atoms with Gasteiger partial charge >= 0.3 is 0 Å². The highest BCUT2D eigenvalue weighted by molar-refractivity contribution is 7.92. The van der Waals surface area contributed by atoms with Crippen LogP contribution in [0, 0.1) is 6.92 Å². The lowest BCUT2D eigenvalue weighted by Gasteiger charge is -2.32. The maximum absolute atomic E-state index is 12.7. The van der Waals surface area contributed by atoms with Crippen molar-refractivity contribution in [3.05, 3.63) is 47.7 Å². The number of ether oxygens (including phenoxy) is 1. The van der Waals surface area contributed by atoms with E-state index in [1.807, 2.05) is 13.0 Å². The zero-order valence-electron chi connectivity index (χ0n) is 17.0. The van der Waals surface area contributed by atoms with E-state index in [1.165, 1.54) is 0 Å². The summed E-state index contributed by atoms with van der Waals surface area (Å²) >= 11 is 0. The van der Waals surface area contributed by atoms with Crippen LogP contribution in [0.5, 0.6) is 5.88 Å². The SMILES string of the molecule is Cc1ccc(OC2CCCN(C(=O)Cc3ccc(S(=O)(=O)C(C)C)cc3)C2)nn1. The molecule has 1 amide bonds. The summed E-state index contributed by atoms with van der Waals surface area (Å²) in [7, 11) is -3.31. The number of aromatic nitrogens is 2. The molecule has 1 saturated heterocycles. The Bertz CT molecular complexity index is 941. The summed E-state index contributed by atoms with van der Waals surface area (Å²) in [6.07, 6.45) is 1.85. The fraction of sp³-hybridized carbons (Fsp3) is 0.476. The molecule has 0 saturated carbocycles. The van der Waals surface area contributed by atoms with Crippen molar-refractivity contribution in [3.8, 4) is 5.88 Å². The van der Waals surface area contributed by atoms with Crippen molar-refractivity contribution in [2.45, 2.75) is 56.3 Å². The van der Waals surface area contributed by atoms with Crippen LogP contribution in [0.15, 0.2) is 41.3 Å². The van der Waals surface area contributed by atoms with Crippen molar-refractivity contribution in [1.82, 2.24) is 15.1 Å². The van der Waals surface area contributed by atoms with Crippen molar-refractivity contribution in [2.24, 2.45) is 0 Å². The van der Waals surface area contributed by atoms with Crippen molar-refractivity contribution >= 4 is 15.7 Å². The molecule has 2 heterocycles. The number of hydrogen-bond donors (Lipinski definition) is 0. The van der Waals surface area contributed by atoms with Gasteiger partial charge in [-0.3, -0.25) is 4.79 Å². The lowest BCUT2D eigenvalue weighted by molar-refractivity contribution is -0.133. The minimum Gasteiger partial charge on any atom is -0.471 e. The number of carbonyl (C=O) groups is 1. The number of benzene rings is 1. The molecule has 1 unspecified atom stereocenters. The normalized spacial score (nSPS) is 17.4. The van der Waals surface area contributed by atoms with E-state index in [0.29, 0.717) is 19.0 Å². The van der Waals surface area contributed by atoms with Gasteiger partial charge in [0, 0.05) is 12.6 Å². The van der Waals surface area contributed by atoms with Crippen LogP contribution in [-0.4, -0.2) is 53.9 Å². The second-order valence-corrected chi connectivity index (χ2v) is 10.2. The fourth-order valence-corrected chi connectivity index (χ4v) is 4.30. The highest BCUT2D eigenvalue weighted by Gasteiger charge is 2.25. The van der Waals surface area contributed by atoms with E-state index in [2.05, 4.69) is 10.2 Å². The Kier molecular flexibility index (Phi) is 6.52. The number of sulfone groups is 1. The molecule has 29 heavy (non-hydrogen) atoms. The molecule has 0 bridgehead atoms. The molecule has 1 atom stereocenters. The first-order chi connectivity index (χ1) is 13.8. The van der Waals surface area contributed by atoms with E-state index in [4.69, 9.17) is 4.74 Å². The van der Waals surface area contributed by atoms with Crippen LogP contribution in [0.25, 0.3) is 0 Å². The summed E-state index contributed by atoms with van der Waals surface area (Å²) < 4.78 is 30.3. The molecular weight excluding hydrogens is 390 g/mol. The minimum atomic E-state index is -3.31. The molecule has 7 nitrogen and oxygen atoms in total. The van der Waals surface area contributed by atoms with Gasteiger partial charge in [-0.1, -0.05) is 12.1 Å². The van der Waals surface area contributed by atoms with Gasteiger partial charge in [0.15, 0.2) is 9.84 Å². The van der Waals surface area contributed by atoms with Crippen molar-refractivity contribution in [3.63, 3.8) is 0 Å². The summed E-state index contributed by atoms with van der Waals surface area (Å²) in [5.41, 5.74) is 1.62. The maximum Gasteiger partial charge on any atom is 0.233 e. The van der Waals surface area contributed by atoms with Gasteiger partial charge in [-0.25, -0.2) is 8.42 Å². The summed E-state index contributed by atoms with van der Waals surface area (Å²) in [4.78, 5) is 14.8. The summed E-state index contributed by atoms with van der Waals surface area (Å²) in [6.45, 7) is 6.38. The third kappa shape index (κ3) is 5.32. The predicted octanol–water partition coefficient (Wildman–Crippen LogP) is 2.58. The smallest absolute Gasteiger partial charge is 0.233 e. The van der Waals surface area contributed by atoms with Crippen LogP contribution >= 0.6 is 0 Å². The first-order valence-corrected chi connectivity index (χ1v) is 11.4. The molecule has 1 aliphatic rings. The number of amides is 1. The van der Waals surface area contributed by atoms with Crippen molar-refractivity contribution < 1.29 is 17.9 Å². The molecule has 1 fully saturated rings. The average Bonchev–Trinajstić information content (AvgIpc) is 2.70. The number of piperidine rings is 1. The Labute approximate surface area is 172 Å². The van der Waals surface area contributed by atoms with Gasteiger partial charge in [0.2, 0.25) is 11.8 Å². The molecule has 8 heteroatoms. The van der Waals surface area contributed by atoms with Crippen molar-refractivity contribution in [2.75, 3.05) is 13.1 Å². The second-order valence-electron chi connectivity index (χ2n) is 7.65. The van der Waals surface area contributed by atoms with Gasteiger partial charge in [0.05, 0.1) is 28.8 Å². The van der Waals surface area contributed by atoms with E-state index < -0.39 is 15.1 Å². The fourth-order valence-electron chi connectivity index (χ4n) is 3.24. The van der Waals surface area contributed by atoms with Gasteiger partial charge in [-0.15, -0.1) is 5.10 Å². The maximum atomic E-state index is 12.7. The molecule has 3 rings (SSSR count). The topological polar surface area (TPSA) is 89.5 Å². The molecule has 156 valence electrons. The van der Waals surface area contributed by atoms with Crippen LogP contribution in [-0.2, 0) is 21.1 Å². The predicted molar refractivity (Wildman–Crippen MR) is 109 cm³/mol. The summed E-state index contributed by atoms with van der Waals surface area (Å²) in [6, 6.07) is 10.2. The van der Waals surface area contributed by atoms with Gasteiger partial charge in [0.1, 0.15) is 6.10 Å². The summed E-state index contributed by atoms with van der Waals surface area (Å²) in [5, 5.41) is 7.54. The number of aryl methyl sites for hydroxylation is 1. The number of rotatable bonds is 6. The Hall–Kier alpha value is -2.48. The zero-order chi connectivity index (χ0) is 21.0. The Morgan fingerprint density at radius 3 is 2.52 bits per heavy atom. The minimum absolute atomic E-state index is 0.00718. The van der Waals surface area contributed by atoms with E-state index >= 15 is 0 Å². The highest BCUT2D eigenvalue weighted by atomic mass is 32.2. The first-order valence-electron chi connectivity index (χ1n) is 9.83. The molecule has 0 aliphatic carbocycles. The Morgan fingerprint density at radius 1 is 1.17 bits per heavy atom. The Balaban J connectivity index is 1.59. The van der Waals surface area contributed by atoms with Gasteiger partial charge in [-0.05, 0) is 57.4 Å². The largest absolute Gasteiger partial charge is 0.471 e. The highest BCUT2D eigenvalue weighted by Crippen LogP contribution is 2.19. The van der Waals surface area contributed by atoms with Crippen LogP contribution in [0.3, 0.4) is 0 Å². The van der Waals surface area contributed by atoms with E-state index in [-0.39, 0.29) is 23.3 Å². The molecule has 2 aromatic rings. The van der Waals surface area contributed by atoms with Crippen LogP contribution in [0.4, 0.5) is 0 Å². The monoisotopic (exact) mass is 417 g/mol. The molecular formula is C21H27N3O4S. The van der Waals surface area contributed by atoms with Gasteiger partial charge in [-0.2, -0.15) is 5.10 Å². The van der Waals surface area contributed by atoms with Gasteiger partial charge < -0.3 is 9.64 Å². The molecule has 0 spiro atoms. The van der Waals surface area contributed by atoms with E-state index in [1.54, 1.807) is 49.1 Å². The van der Waals surface area contributed by atoms with Crippen LogP contribution < -0.4 is 4.74 Å². The number of nitrogens with zero attached hydrogens (tertiary/aromatic N) is 3. The standard InChI is InChI=1S/C21H27N3O4S/c1-15(2)29(26,27)19-9-7-17(8-10-19)13-21(25)24-12-4-5-18(14-24)28-20-11-6-16(3)22-23-20/h6-11,15,18H,4-5,12-14H2,1-3H3. The molecule has 1 aromatic carbocycles. The van der Waals surface area contributed by atoms with Gasteiger partial charge in [0.25, 0.3) is 0 Å². The van der Waals surface area contributed by atoms with E-state index in [9.17, 15) is 13.2 Å². The van der Waals surface area contributed by atoms with E-state index in [0.717, 1.165) is 24.1 Å². The third-order valence-electron chi connectivity index (χ3n) is 5.02. The average molecular weight is 418 g/mol. The van der Waals surface area contributed by atoms with Crippen LogP contribution in [0.2, 0.25) is 0 Å². The number of likely N-dealkylation sites (tertiary alicyclic amines) is 1. The van der Waals surface area contributed by atoms with Crippen LogP contribution in [0.1, 0.15) is 37.9 Å². The quantitative estimate of drug-likeness (QED) is 0.718. The van der Waals surface area contributed by atoms with Crippen molar-refractivity contribution in [1.29, 1.82) is 0 Å². The zero-order valence-corrected chi connectivity index (χ0v) is 17.9. The summed E-state index contributed by atoms with van der Waals surface area (Å²) in [5.74, 6) is 0.476. The third-order valence-corrected chi connectivity index (χ3v) is 7.19. The molecule has 1 aromatic heterocycles. The number of carbonyl (C=O) groups excluding carboxylic acids is 1. The first kappa shape index (κ1) is 21.2. The molecule has 0 N–H and O–H groups in total. The lowest BCUT2D eigenvalue weighted by atomic mass is 10.1. The number of hydrogen-bond acceptors (Lipinski definition) is 6. The lowest BCUT2D eigenvalue weighted by Crippen LogP contribution is -2.45.